The molecule has 2 aromatic heterocycles. The molecular formula is C26H24FN3O2. The molecule has 4 aromatic rings. The van der Waals surface area contributed by atoms with E-state index >= 15 is 0 Å². The summed E-state index contributed by atoms with van der Waals surface area (Å²) >= 11 is 0. The highest BCUT2D eigenvalue weighted by molar-refractivity contribution is 5.97. The zero-order valence-electron chi connectivity index (χ0n) is 17.8. The molecule has 0 spiro atoms. The number of aromatic nitrogens is 2. The summed E-state index contributed by atoms with van der Waals surface area (Å²) in [6, 6.07) is 21.1. The number of hydrogen-bond donors (Lipinski definition) is 1. The lowest BCUT2D eigenvalue weighted by molar-refractivity contribution is 0.0936. The molecule has 0 unspecified atom stereocenters. The maximum Gasteiger partial charge on any atom is 0.265 e. The van der Waals surface area contributed by atoms with Crippen molar-refractivity contribution in [2.45, 2.75) is 32.4 Å². The zero-order chi connectivity index (χ0) is 22.5. The van der Waals surface area contributed by atoms with Crippen molar-refractivity contribution >= 4 is 16.9 Å². The molecule has 32 heavy (non-hydrogen) atoms. The predicted molar refractivity (Wildman–Crippen MR) is 123 cm³/mol. The minimum absolute atomic E-state index is 0.0687. The summed E-state index contributed by atoms with van der Waals surface area (Å²) in [6.07, 6.45) is 3.20. The SMILES string of the molecule is C[C@H](CCc1ccccc1)NC(=O)c1cc2cccnc2n(Cc2ccc(F)cc2)c1=O. The van der Waals surface area contributed by atoms with Gasteiger partial charge in [0.15, 0.2) is 0 Å². The Balaban J connectivity index is 1.59. The molecule has 0 saturated carbocycles. The summed E-state index contributed by atoms with van der Waals surface area (Å²) in [5.41, 5.74) is 2.07. The van der Waals surface area contributed by atoms with Gasteiger partial charge in [0.05, 0.1) is 6.54 Å². The molecule has 0 saturated heterocycles. The number of amides is 1. The van der Waals surface area contributed by atoms with E-state index in [1.54, 1.807) is 30.5 Å². The molecule has 162 valence electrons. The molecule has 4 rings (SSSR count). The standard InChI is InChI=1S/C26H24FN3O2/c1-18(9-10-19-6-3-2-4-7-19)29-25(31)23-16-21-8-5-15-28-24(21)30(26(23)32)17-20-11-13-22(27)14-12-20/h2-8,11-16,18H,9-10,17H2,1H3,(H,29,31)/t18-/m1/s1. The summed E-state index contributed by atoms with van der Waals surface area (Å²) < 4.78 is 14.8. The number of carbonyl (C=O) groups is 1. The molecule has 2 heterocycles. The lowest BCUT2D eigenvalue weighted by Gasteiger charge is -2.16. The number of halogens is 1. The molecule has 5 nitrogen and oxygen atoms in total. The van der Waals surface area contributed by atoms with Crippen molar-refractivity contribution in [3.63, 3.8) is 0 Å². The molecule has 0 aliphatic carbocycles. The number of aryl methyl sites for hydroxylation is 1. The van der Waals surface area contributed by atoms with E-state index in [-0.39, 0.29) is 24.0 Å². The van der Waals surface area contributed by atoms with Crippen LogP contribution in [0.1, 0.15) is 34.8 Å². The van der Waals surface area contributed by atoms with Crippen LogP contribution in [-0.2, 0) is 13.0 Å². The van der Waals surface area contributed by atoms with Crippen LogP contribution in [0.5, 0.6) is 0 Å². The average molecular weight is 429 g/mol. The number of benzene rings is 2. The summed E-state index contributed by atoms with van der Waals surface area (Å²) in [5.74, 6) is -0.754. The second-order valence-electron chi connectivity index (χ2n) is 7.89. The van der Waals surface area contributed by atoms with E-state index in [4.69, 9.17) is 0 Å². The van der Waals surface area contributed by atoms with E-state index in [0.29, 0.717) is 11.0 Å². The molecule has 0 aliphatic heterocycles. The van der Waals surface area contributed by atoms with Crippen molar-refractivity contribution in [1.29, 1.82) is 0 Å². The Morgan fingerprint density at radius 3 is 2.53 bits per heavy atom. The van der Waals surface area contributed by atoms with Crippen LogP contribution in [-0.4, -0.2) is 21.5 Å². The fourth-order valence-electron chi connectivity index (χ4n) is 3.69. The number of fused-ring (bicyclic) bond motifs is 1. The number of pyridine rings is 2. The number of rotatable bonds is 7. The largest absolute Gasteiger partial charge is 0.349 e. The Morgan fingerprint density at radius 2 is 1.78 bits per heavy atom. The van der Waals surface area contributed by atoms with E-state index in [1.165, 1.54) is 22.3 Å². The highest BCUT2D eigenvalue weighted by atomic mass is 19.1. The van der Waals surface area contributed by atoms with Gasteiger partial charge in [-0.2, -0.15) is 0 Å². The summed E-state index contributed by atoms with van der Waals surface area (Å²) in [4.78, 5) is 30.6. The van der Waals surface area contributed by atoms with E-state index in [9.17, 15) is 14.0 Å². The first-order chi connectivity index (χ1) is 15.5. The van der Waals surface area contributed by atoms with E-state index in [0.717, 1.165) is 18.4 Å². The highest BCUT2D eigenvalue weighted by Gasteiger charge is 2.18. The number of nitrogens with zero attached hydrogens (tertiary/aromatic N) is 2. The zero-order valence-corrected chi connectivity index (χ0v) is 17.8. The molecule has 0 radical (unpaired) electrons. The number of hydrogen-bond acceptors (Lipinski definition) is 3. The van der Waals surface area contributed by atoms with Gasteiger partial charge in [-0.15, -0.1) is 0 Å². The van der Waals surface area contributed by atoms with Crippen LogP contribution in [0.4, 0.5) is 4.39 Å². The van der Waals surface area contributed by atoms with Crippen molar-refractivity contribution < 1.29 is 9.18 Å². The van der Waals surface area contributed by atoms with Gasteiger partial charge in [-0.25, -0.2) is 9.37 Å². The third-order valence-electron chi connectivity index (χ3n) is 5.43. The van der Waals surface area contributed by atoms with Crippen molar-refractivity contribution in [3.8, 4) is 0 Å². The number of nitrogens with one attached hydrogen (secondary N) is 1. The van der Waals surface area contributed by atoms with Crippen molar-refractivity contribution in [2.24, 2.45) is 0 Å². The van der Waals surface area contributed by atoms with Crippen LogP contribution in [0, 0.1) is 5.82 Å². The lowest BCUT2D eigenvalue weighted by Crippen LogP contribution is -2.38. The first kappa shape index (κ1) is 21.4. The van der Waals surface area contributed by atoms with Crippen LogP contribution in [0.2, 0.25) is 0 Å². The van der Waals surface area contributed by atoms with Gasteiger partial charge >= 0.3 is 0 Å². The van der Waals surface area contributed by atoms with Crippen molar-refractivity contribution in [2.75, 3.05) is 0 Å². The van der Waals surface area contributed by atoms with Crippen molar-refractivity contribution in [3.05, 3.63) is 112 Å². The first-order valence-corrected chi connectivity index (χ1v) is 10.6. The van der Waals surface area contributed by atoms with Gasteiger partial charge < -0.3 is 5.32 Å². The fraction of sp³-hybridized carbons (Fsp3) is 0.192. The van der Waals surface area contributed by atoms with Gasteiger partial charge in [0.2, 0.25) is 0 Å². The van der Waals surface area contributed by atoms with Gasteiger partial charge in [-0.1, -0.05) is 42.5 Å². The average Bonchev–Trinajstić information content (AvgIpc) is 2.81. The molecule has 0 fully saturated rings. The maximum absolute atomic E-state index is 13.3. The van der Waals surface area contributed by atoms with Gasteiger partial charge in [0, 0.05) is 17.6 Å². The van der Waals surface area contributed by atoms with E-state index < -0.39 is 11.5 Å². The normalized spacial score (nSPS) is 11.9. The van der Waals surface area contributed by atoms with Crippen LogP contribution in [0.15, 0.2) is 83.8 Å². The van der Waals surface area contributed by atoms with Gasteiger partial charge in [-0.3, -0.25) is 14.2 Å². The molecule has 6 heteroatoms. The molecule has 1 atom stereocenters. The minimum Gasteiger partial charge on any atom is -0.349 e. The summed E-state index contributed by atoms with van der Waals surface area (Å²) in [6.45, 7) is 2.12. The Bertz CT molecular complexity index is 1280. The Hall–Kier alpha value is -3.80. The van der Waals surface area contributed by atoms with Crippen LogP contribution >= 0.6 is 0 Å². The third kappa shape index (κ3) is 4.91. The summed E-state index contributed by atoms with van der Waals surface area (Å²) in [7, 11) is 0. The van der Waals surface area contributed by atoms with E-state index in [1.807, 2.05) is 31.2 Å². The van der Waals surface area contributed by atoms with E-state index in [2.05, 4.69) is 22.4 Å². The fourth-order valence-corrected chi connectivity index (χ4v) is 3.69. The Kier molecular flexibility index (Phi) is 6.40. The Morgan fingerprint density at radius 1 is 1.03 bits per heavy atom. The smallest absolute Gasteiger partial charge is 0.265 e. The lowest BCUT2D eigenvalue weighted by atomic mass is 10.1. The quantitative estimate of drug-likeness (QED) is 0.476. The monoisotopic (exact) mass is 429 g/mol. The van der Waals surface area contributed by atoms with Crippen LogP contribution < -0.4 is 10.9 Å². The van der Waals surface area contributed by atoms with Crippen molar-refractivity contribution in [1.82, 2.24) is 14.9 Å². The molecule has 2 aromatic carbocycles. The highest BCUT2D eigenvalue weighted by Crippen LogP contribution is 2.14. The molecule has 1 amide bonds. The predicted octanol–water partition coefficient (Wildman–Crippen LogP) is 4.34. The third-order valence-corrected chi connectivity index (χ3v) is 5.43. The minimum atomic E-state index is -0.423. The molecule has 0 aliphatic rings. The molecular weight excluding hydrogens is 405 g/mol. The maximum atomic E-state index is 13.3. The van der Waals surface area contributed by atoms with Crippen LogP contribution in [0.25, 0.3) is 11.0 Å². The molecule has 1 N–H and O–H groups in total. The van der Waals surface area contributed by atoms with Gasteiger partial charge in [0.25, 0.3) is 11.5 Å². The number of carbonyl (C=O) groups excluding carboxylic acids is 1. The second kappa shape index (κ2) is 9.56. The first-order valence-electron chi connectivity index (χ1n) is 10.6. The van der Waals surface area contributed by atoms with Gasteiger partial charge in [-0.05, 0) is 61.2 Å². The Labute approximate surface area is 185 Å². The van der Waals surface area contributed by atoms with Gasteiger partial charge in [0.1, 0.15) is 17.0 Å². The molecule has 0 bridgehead atoms. The topological polar surface area (TPSA) is 64.0 Å². The summed E-state index contributed by atoms with van der Waals surface area (Å²) in [5, 5.41) is 3.64. The van der Waals surface area contributed by atoms with Crippen LogP contribution in [0.3, 0.4) is 0 Å². The second-order valence-corrected chi connectivity index (χ2v) is 7.89.